The summed E-state index contributed by atoms with van der Waals surface area (Å²) in [6, 6.07) is 22.3. The summed E-state index contributed by atoms with van der Waals surface area (Å²) in [4.78, 5) is 27.5. The summed E-state index contributed by atoms with van der Waals surface area (Å²) < 4.78 is 13.3. The van der Waals surface area contributed by atoms with E-state index >= 15 is 0 Å². The number of aryl methyl sites for hydroxylation is 1. The van der Waals surface area contributed by atoms with E-state index in [1.807, 2.05) is 48.5 Å². The first-order chi connectivity index (χ1) is 15.4. The molecule has 0 heterocycles. The lowest BCUT2D eigenvalue weighted by molar-refractivity contribution is -0.140. The van der Waals surface area contributed by atoms with Crippen LogP contribution >= 0.6 is 11.6 Å². The van der Waals surface area contributed by atoms with Crippen molar-refractivity contribution in [2.24, 2.45) is 0 Å². The molecular weight excluding hydrogens is 427 g/mol. The van der Waals surface area contributed by atoms with E-state index in [4.69, 9.17) is 11.6 Å². The summed E-state index contributed by atoms with van der Waals surface area (Å²) >= 11 is 6.17. The fraction of sp³-hybridized carbons (Fsp3) is 0.231. The molecule has 4 nitrogen and oxygen atoms in total. The van der Waals surface area contributed by atoms with Crippen LogP contribution in [0.4, 0.5) is 4.39 Å². The number of nitrogens with zero attached hydrogens (tertiary/aromatic N) is 1. The van der Waals surface area contributed by atoms with E-state index < -0.39 is 6.04 Å². The van der Waals surface area contributed by atoms with Gasteiger partial charge in [-0.3, -0.25) is 9.59 Å². The number of amides is 2. The van der Waals surface area contributed by atoms with E-state index in [-0.39, 0.29) is 37.1 Å². The number of benzene rings is 3. The van der Waals surface area contributed by atoms with Gasteiger partial charge < -0.3 is 10.2 Å². The second-order valence-electron chi connectivity index (χ2n) is 7.62. The molecule has 1 unspecified atom stereocenters. The van der Waals surface area contributed by atoms with Crippen molar-refractivity contribution in [2.45, 2.75) is 38.9 Å². The molecule has 0 aliphatic heterocycles. The fourth-order valence-electron chi connectivity index (χ4n) is 3.38. The van der Waals surface area contributed by atoms with Crippen LogP contribution in [0.1, 0.15) is 30.0 Å². The second kappa shape index (κ2) is 11.4. The maximum Gasteiger partial charge on any atom is 0.242 e. The monoisotopic (exact) mass is 452 g/mol. The Morgan fingerprint density at radius 3 is 2.28 bits per heavy atom. The van der Waals surface area contributed by atoms with Crippen molar-refractivity contribution in [2.75, 3.05) is 0 Å². The molecule has 0 spiro atoms. The fourth-order valence-corrected chi connectivity index (χ4v) is 3.58. The quantitative estimate of drug-likeness (QED) is 0.488. The summed E-state index contributed by atoms with van der Waals surface area (Å²) in [5, 5.41) is 3.44. The van der Waals surface area contributed by atoms with Crippen LogP contribution in [-0.2, 0) is 29.1 Å². The number of nitrogens with one attached hydrogen (secondary N) is 1. The molecule has 0 saturated heterocycles. The number of halogens is 2. The highest BCUT2D eigenvalue weighted by atomic mass is 35.5. The molecule has 3 aromatic rings. The van der Waals surface area contributed by atoms with Crippen LogP contribution in [0.2, 0.25) is 5.02 Å². The van der Waals surface area contributed by atoms with Crippen LogP contribution in [0.25, 0.3) is 0 Å². The highest BCUT2D eigenvalue weighted by molar-refractivity contribution is 6.31. The van der Waals surface area contributed by atoms with Crippen molar-refractivity contribution in [3.8, 4) is 0 Å². The number of rotatable bonds is 9. The Morgan fingerprint density at radius 1 is 0.938 bits per heavy atom. The van der Waals surface area contributed by atoms with Crippen molar-refractivity contribution >= 4 is 23.4 Å². The molecule has 0 saturated carbocycles. The summed E-state index contributed by atoms with van der Waals surface area (Å²) in [6.07, 6.45) is 0.848. The topological polar surface area (TPSA) is 49.4 Å². The molecular formula is C26H26ClFN2O2. The van der Waals surface area contributed by atoms with Gasteiger partial charge in [-0.15, -0.1) is 0 Å². The van der Waals surface area contributed by atoms with Crippen LogP contribution in [0, 0.1) is 5.82 Å². The second-order valence-corrected chi connectivity index (χ2v) is 8.03. The zero-order valence-electron chi connectivity index (χ0n) is 17.9. The van der Waals surface area contributed by atoms with E-state index in [0.29, 0.717) is 11.4 Å². The van der Waals surface area contributed by atoms with Gasteiger partial charge in [0, 0.05) is 24.5 Å². The molecule has 1 atom stereocenters. The molecule has 3 rings (SSSR count). The third kappa shape index (κ3) is 6.66. The van der Waals surface area contributed by atoms with Crippen molar-refractivity contribution in [3.63, 3.8) is 0 Å². The average molecular weight is 453 g/mol. The molecule has 32 heavy (non-hydrogen) atoms. The maximum atomic E-state index is 13.3. The number of carbonyl (C=O) groups is 2. The Bertz CT molecular complexity index is 1040. The van der Waals surface area contributed by atoms with Crippen LogP contribution in [0.3, 0.4) is 0 Å². The Morgan fingerprint density at radius 2 is 1.59 bits per heavy atom. The SMILES string of the molecule is CC(C(=O)NCc1ccccc1Cl)N(Cc1ccc(F)cc1)C(=O)CCc1ccccc1. The molecule has 0 aliphatic carbocycles. The van der Waals surface area contributed by atoms with Gasteiger partial charge in [-0.25, -0.2) is 4.39 Å². The van der Waals surface area contributed by atoms with Crippen molar-refractivity contribution in [3.05, 3.63) is 106 Å². The lowest BCUT2D eigenvalue weighted by atomic mass is 10.1. The molecule has 0 bridgehead atoms. The first kappa shape index (κ1) is 23.5. The highest BCUT2D eigenvalue weighted by Crippen LogP contribution is 2.16. The lowest BCUT2D eigenvalue weighted by Gasteiger charge is -2.29. The van der Waals surface area contributed by atoms with Crippen molar-refractivity contribution in [1.82, 2.24) is 10.2 Å². The van der Waals surface area contributed by atoms with Crippen LogP contribution in [0.15, 0.2) is 78.9 Å². The largest absolute Gasteiger partial charge is 0.350 e. The van der Waals surface area contributed by atoms with Gasteiger partial charge in [0.2, 0.25) is 11.8 Å². The van der Waals surface area contributed by atoms with E-state index in [1.165, 1.54) is 17.0 Å². The van der Waals surface area contributed by atoms with E-state index in [2.05, 4.69) is 5.32 Å². The lowest BCUT2D eigenvalue weighted by Crippen LogP contribution is -2.47. The van der Waals surface area contributed by atoms with Gasteiger partial charge in [0.15, 0.2) is 0 Å². The van der Waals surface area contributed by atoms with Gasteiger partial charge in [-0.1, -0.05) is 72.3 Å². The van der Waals surface area contributed by atoms with Gasteiger partial charge in [0.25, 0.3) is 0 Å². The van der Waals surface area contributed by atoms with Gasteiger partial charge >= 0.3 is 0 Å². The predicted molar refractivity (Wildman–Crippen MR) is 124 cm³/mol. The minimum absolute atomic E-state index is 0.140. The highest BCUT2D eigenvalue weighted by Gasteiger charge is 2.26. The summed E-state index contributed by atoms with van der Waals surface area (Å²) in [5.41, 5.74) is 2.61. The molecule has 0 aromatic heterocycles. The van der Waals surface area contributed by atoms with Crippen molar-refractivity contribution in [1.29, 1.82) is 0 Å². The van der Waals surface area contributed by atoms with Crippen LogP contribution < -0.4 is 5.32 Å². The summed E-state index contributed by atoms with van der Waals surface area (Å²) in [7, 11) is 0. The standard InChI is InChI=1S/C26H26ClFN2O2/c1-19(26(32)29-17-22-9-5-6-10-24(22)27)30(18-21-11-14-23(28)15-12-21)25(31)16-13-20-7-3-2-4-8-20/h2-12,14-15,19H,13,16-18H2,1H3,(H,29,32). The maximum absolute atomic E-state index is 13.3. The zero-order valence-corrected chi connectivity index (χ0v) is 18.7. The van der Waals surface area contributed by atoms with Gasteiger partial charge in [-0.2, -0.15) is 0 Å². The van der Waals surface area contributed by atoms with E-state index in [1.54, 1.807) is 25.1 Å². The molecule has 2 amide bonds. The minimum atomic E-state index is -0.703. The number of carbonyl (C=O) groups excluding carboxylic acids is 2. The summed E-state index contributed by atoms with van der Waals surface area (Å²) in [6.45, 7) is 2.19. The first-order valence-corrected chi connectivity index (χ1v) is 10.9. The Balaban J connectivity index is 1.70. The van der Waals surface area contributed by atoms with Gasteiger partial charge in [0.05, 0.1) is 0 Å². The third-order valence-electron chi connectivity index (χ3n) is 5.31. The molecule has 0 aliphatic rings. The van der Waals surface area contributed by atoms with Crippen molar-refractivity contribution < 1.29 is 14.0 Å². The number of hydrogen-bond donors (Lipinski definition) is 1. The van der Waals surface area contributed by atoms with Gasteiger partial charge in [0.1, 0.15) is 11.9 Å². The molecule has 0 radical (unpaired) electrons. The first-order valence-electron chi connectivity index (χ1n) is 10.5. The third-order valence-corrected chi connectivity index (χ3v) is 5.68. The van der Waals surface area contributed by atoms with Crippen LogP contribution in [0.5, 0.6) is 0 Å². The average Bonchev–Trinajstić information content (AvgIpc) is 2.81. The number of hydrogen-bond acceptors (Lipinski definition) is 2. The molecule has 6 heteroatoms. The molecule has 166 valence electrons. The molecule has 1 N–H and O–H groups in total. The molecule has 3 aromatic carbocycles. The predicted octanol–water partition coefficient (Wildman–Crippen LogP) is 5.15. The smallest absolute Gasteiger partial charge is 0.242 e. The normalized spacial score (nSPS) is 11.6. The Hall–Kier alpha value is -3.18. The molecule has 0 fully saturated rings. The Kier molecular flexibility index (Phi) is 8.40. The van der Waals surface area contributed by atoms with E-state index in [9.17, 15) is 14.0 Å². The minimum Gasteiger partial charge on any atom is -0.350 e. The van der Waals surface area contributed by atoms with Crippen LogP contribution in [-0.4, -0.2) is 22.8 Å². The summed E-state index contributed by atoms with van der Waals surface area (Å²) in [5.74, 6) is -0.764. The van der Waals surface area contributed by atoms with Gasteiger partial charge in [-0.05, 0) is 48.2 Å². The zero-order chi connectivity index (χ0) is 22.9. The van der Waals surface area contributed by atoms with E-state index in [0.717, 1.165) is 16.7 Å². The Labute approximate surface area is 193 Å².